The molecule has 1 heterocycles. The summed E-state index contributed by atoms with van der Waals surface area (Å²) >= 11 is 0. The van der Waals surface area contributed by atoms with E-state index in [0.29, 0.717) is 5.89 Å². The average Bonchev–Trinajstić information content (AvgIpc) is 2.73. The van der Waals surface area contributed by atoms with Crippen molar-refractivity contribution >= 4 is 5.78 Å². The van der Waals surface area contributed by atoms with Crippen LogP contribution < -0.4 is 0 Å². The Morgan fingerprint density at radius 3 is 3.00 bits per heavy atom. The Kier molecular flexibility index (Phi) is 2.12. The lowest BCUT2D eigenvalue weighted by Crippen LogP contribution is -1.97. The van der Waals surface area contributed by atoms with Gasteiger partial charge in [0.25, 0.3) is 0 Å². The molecular formula is C9H12N2O2. The summed E-state index contributed by atoms with van der Waals surface area (Å²) in [6, 6.07) is 0. The minimum atomic E-state index is 0.0571. The zero-order chi connectivity index (χ0) is 9.26. The number of hydrogen-bond acceptors (Lipinski definition) is 4. The monoisotopic (exact) mass is 180 g/mol. The fourth-order valence-electron chi connectivity index (χ4n) is 1.24. The Bertz CT molecular complexity index is 315. The van der Waals surface area contributed by atoms with Gasteiger partial charge in [-0.3, -0.25) is 4.79 Å². The molecule has 70 valence electrons. The fraction of sp³-hybridized carbons (Fsp3) is 0.667. The van der Waals surface area contributed by atoms with Crippen LogP contribution >= 0.6 is 0 Å². The molecule has 4 heteroatoms. The Labute approximate surface area is 76.3 Å². The highest BCUT2D eigenvalue weighted by molar-refractivity contribution is 5.77. The van der Waals surface area contributed by atoms with Crippen LogP contribution in [-0.4, -0.2) is 15.9 Å². The van der Waals surface area contributed by atoms with Crippen molar-refractivity contribution in [3.63, 3.8) is 0 Å². The van der Waals surface area contributed by atoms with Crippen molar-refractivity contribution in [3.05, 3.63) is 11.7 Å². The van der Waals surface area contributed by atoms with E-state index in [1.165, 1.54) is 19.8 Å². The lowest BCUT2D eigenvalue weighted by Gasteiger charge is -1.86. The maximum Gasteiger partial charge on any atom is 0.234 e. The molecule has 0 aromatic carbocycles. The van der Waals surface area contributed by atoms with Crippen LogP contribution in [0, 0.1) is 5.92 Å². The van der Waals surface area contributed by atoms with Crippen LogP contribution in [0.5, 0.6) is 0 Å². The van der Waals surface area contributed by atoms with Gasteiger partial charge in [-0.2, -0.15) is 4.98 Å². The third kappa shape index (κ3) is 2.37. The SMILES string of the molecule is CC(=O)Cc1nc(CC2CC2)no1. The third-order valence-electron chi connectivity index (χ3n) is 2.08. The Morgan fingerprint density at radius 1 is 1.62 bits per heavy atom. The van der Waals surface area contributed by atoms with E-state index >= 15 is 0 Å². The molecule has 1 fully saturated rings. The first kappa shape index (κ1) is 8.41. The molecular weight excluding hydrogens is 168 g/mol. The number of aromatic nitrogens is 2. The highest BCUT2D eigenvalue weighted by Crippen LogP contribution is 2.31. The Morgan fingerprint density at radius 2 is 2.38 bits per heavy atom. The van der Waals surface area contributed by atoms with Gasteiger partial charge in [-0.25, -0.2) is 0 Å². The number of carbonyl (C=O) groups excluding carboxylic acids is 1. The van der Waals surface area contributed by atoms with E-state index in [9.17, 15) is 4.79 Å². The Balaban J connectivity index is 1.95. The van der Waals surface area contributed by atoms with E-state index in [2.05, 4.69) is 10.1 Å². The first-order valence-electron chi connectivity index (χ1n) is 4.55. The lowest BCUT2D eigenvalue weighted by molar-refractivity contribution is -0.116. The summed E-state index contributed by atoms with van der Waals surface area (Å²) in [5.74, 6) is 2.01. The molecule has 1 aliphatic rings. The quantitative estimate of drug-likeness (QED) is 0.697. The first-order chi connectivity index (χ1) is 6.24. The minimum absolute atomic E-state index is 0.0571. The van der Waals surface area contributed by atoms with Gasteiger partial charge < -0.3 is 4.52 Å². The topological polar surface area (TPSA) is 56.0 Å². The van der Waals surface area contributed by atoms with Crippen LogP contribution in [0.25, 0.3) is 0 Å². The highest BCUT2D eigenvalue weighted by Gasteiger charge is 2.24. The largest absolute Gasteiger partial charge is 0.339 e. The number of rotatable bonds is 4. The van der Waals surface area contributed by atoms with Crippen molar-refractivity contribution < 1.29 is 9.32 Å². The molecule has 0 N–H and O–H groups in total. The van der Waals surface area contributed by atoms with Crippen LogP contribution in [0.2, 0.25) is 0 Å². The molecule has 0 saturated heterocycles. The Hall–Kier alpha value is -1.19. The average molecular weight is 180 g/mol. The van der Waals surface area contributed by atoms with Gasteiger partial charge in [0.05, 0.1) is 6.42 Å². The second-order valence-corrected chi connectivity index (χ2v) is 3.63. The molecule has 0 radical (unpaired) electrons. The van der Waals surface area contributed by atoms with E-state index in [-0.39, 0.29) is 12.2 Å². The molecule has 0 spiro atoms. The molecule has 0 unspecified atom stereocenters. The number of carbonyl (C=O) groups is 1. The van der Waals surface area contributed by atoms with E-state index < -0.39 is 0 Å². The highest BCUT2D eigenvalue weighted by atomic mass is 16.5. The second-order valence-electron chi connectivity index (χ2n) is 3.63. The molecule has 2 rings (SSSR count). The molecule has 0 aliphatic heterocycles. The smallest absolute Gasteiger partial charge is 0.234 e. The first-order valence-corrected chi connectivity index (χ1v) is 4.55. The van der Waals surface area contributed by atoms with Gasteiger partial charge in [-0.1, -0.05) is 5.16 Å². The normalized spacial score (nSPS) is 16.1. The minimum Gasteiger partial charge on any atom is -0.339 e. The molecule has 1 aromatic heterocycles. The second kappa shape index (κ2) is 3.28. The summed E-state index contributed by atoms with van der Waals surface area (Å²) in [6.45, 7) is 1.52. The summed E-state index contributed by atoms with van der Waals surface area (Å²) in [7, 11) is 0. The van der Waals surface area contributed by atoms with Crippen LogP contribution in [0.15, 0.2) is 4.52 Å². The van der Waals surface area contributed by atoms with Crippen molar-refractivity contribution in [2.75, 3.05) is 0 Å². The number of ketones is 1. The predicted molar refractivity (Wildman–Crippen MR) is 45.1 cm³/mol. The zero-order valence-corrected chi connectivity index (χ0v) is 7.62. The molecule has 13 heavy (non-hydrogen) atoms. The summed E-state index contributed by atoms with van der Waals surface area (Å²) < 4.78 is 4.92. The van der Waals surface area contributed by atoms with Gasteiger partial charge in [0.2, 0.25) is 5.89 Å². The zero-order valence-electron chi connectivity index (χ0n) is 7.62. The maximum absolute atomic E-state index is 10.7. The third-order valence-corrected chi connectivity index (χ3v) is 2.08. The maximum atomic E-state index is 10.7. The van der Waals surface area contributed by atoms with Crippen molar-refractivity contribution in [3.8, 4) is 0 Å². The summed E-state index contributed by atoms with van der Waals surface area (Å²) in [5, 5.41) is 3.81. The van der Waals surface area contributed by atoms with Crippen LogP contribution in [-0.2, 0) is 17.6 Å². The van der Waals surface area contributed by atoms with Crippen molar-refractivity contribution in [2.24, 2.45) is 5.92 Å². The van der Waals surface area contributed by atoms with Gasteiger partial charge in [-0.05, 0) is 25.7 Å². The van der Waals surface area contributed by atoms with Crippen LogP contribution in [0.3, 0.4) is 0 Å². The summed E-state index contributed by atoms with van der Waals surface area (Å²) in [5.41, 5.74) is 0. The number of Topliss-reactive ketones (excluding diaryl/α,β-unsaturated/α-hetero) is 1. The number of hydrogen-bond donors (Lipinski definition) is 0. The van der Waals surface area contributed by atoms with Crippen LogP contribution in [0.4, 0.5) is 0 Å². The molecule has 0 amide bonds. The fourth-order valence-corrected chi connectivity index (χ4v) is 1.24. The van der Waals surface area contributed by atoms with Gasteiger partial charge in [0, 0.05) is 6.42 Å². The molecule has 1 saturated carbocycles. The van der Waals surface area contributed by atoms with Gasteiger partial charge in [0.15, 0.2) is 5.82 Å². The molecule has 1 aromatic rings. The summed E-state index contributed by atoms with van der Waals surface area (Å²) in [6.07, 6.45) is 3.71. The predicted octanol–water partition coefficient (Wildman–Crippen LogP) is 1.15. The number of nitrogens with zero attached hydrogens (tertiary/aromatic N) is 2. The van der Waals surface area contributed by atoms with E-state index in [4.69, 9.17) is 4.52 Å². The molecule has 4 nitrogen and oxygen atoms in total. The van der Waals surface area contributed by atoms with Gasteiger partial charge in [0.1, 0.15) is 5.78 Å². The van der Waals surface area contributed by atoms with E-state index in [0.717, 1.165) is 18.2 Å². The van der Waals surface area contributed by atoms with Crippen molar-refractivity contribution in [2.45, 2.75) is 32.6 Å². The van der Waals surface area contributed by atoms with Crippen LogP contribution in [0.1, 0.15) is 31.5 Å². The van der Waals surface area contributed by atoms with Crippen molar-refractivity contribution in [1.29, 1.82) is 0 Å². The van der Waals surface area contributed by atoms with Crippen molar-refractivity contribution in [1.82, 2.24) is 10.1 Å². The molecule has 0 atom stereocenters. The van der Waals surface area contributed by atoms with E-state index in [1.54, 1.807) is 0 Å². The molecule has 1 aliphatic carbocycles. The summed E-state index contributed by atoms with van der Waals surface area (Å²) in [4.78, 5) is 14.9. The van der Waals surface area contributed by atoms with E-state index in [1.807, 2.05) is 0 Å². The van der Waals surface area contributed by atoms with Gasteiger partial charge >= 0.3 is 0 Å². The lowest BCUT2D eigenvalue weighted by atomic mass is 10.3. The van der Waals surface area contributed by atoms with Gasteiger partial charge in [-0.15, -0.1) is 0 Å². The molecule has 0 bridgehead atoms. The standard InChI is InChI=1S/C9H12N2O2/c1-6(12)4-9-10-8(11-13-9)5-7-2-3-7/h7H,2-5H2,1H3.